The molecule has 1 saturated carbocycles. The molecule has 1 aliphatic carbocycles. The van der Waals surface area contributed by atoms with Crippen LogP contribution < -0.4 is 20.1 Å². The molecule has 2 N–H and O–H groups in total. The molecule has 0 bridgehead atoms. The number of likely N-dealkylation sites (N-methyl/N-ethyl adjacent to an activating group) is 1. The van der Waals surface area contributed by atoms with Crippen molar-refractivity contribution in [2.75, 3.05) is 26.8 Å². The summed E-state index contributed by atoms with van der Waals surface area (Å²) in [7, 11) is 1.89. The number of hydrogen-bond acceptors (Lipinski definition) is 4. The molecule has 3 rings (SSSR count). The van der Waals surface area contributed by atoms with Gasteiger partial charge in [-0.25, -0.2) is 0 Å². The van der Waals surface area contributed by atoms with Gasteiger partial charge < -0.3 is 20.1 Å². The van der Waals surface area contributed by atoms with Crippen molar-refractivity contribution in [1.82, 2.24) is 10.6 Å². The minimum atomic E-state index is 0. The molecule has 5 nitrogen and oxygen atoms in total. The number of halogens is 1. The van der Waals surface area contributed by atoms with Gasteiger partial charge in [0.15, 0.2) is 11.5 Å². The predicted molar refractivity (Wildman–Crippen MR) is 87.1 cm³/mol. The van der Waals surface area contributed by atoms with Gasteiger partial charge in [-0.15, -0.1) is 12.4 Å². The van der Waals surface area contributed by atoms with Crippen LogP contribution in [-0.2, 0) is 4.79 Å². The van der Waals surface area contributed by atoms with Crippen molar-refractivity contribution in [2.24, 2.45) is 5.92 Å². The van der Waals surface area contributed by atoms with Crippen LogP contribution in [0.2, 0.25) is 0 Å². The Morgan fingerprint density at radius 1 is 1.32 bits per heavy atom. The Hall–Kier alpha value is -1.46. The third kappa shape index (κ3) is 3.65. The number of amides is 1. The lowest BCUT2D eigenvalue weighted by Gasteiger charge is -2.19. The molecule has 122 valence electrons. The van der Waals surface area contributed by atoms with Crippen LogP contribution in [0.15, 0.2) is 18.2 Å². The first-order valence-electron chi connectivity index (χ1n) is 7.53. The van der Waals surface area contributed by atoms with Crippen molar-refractivity contribution in [1.29, 1.82) is 0 Å². The van der Waals surface area contributed by atoms with Gasteiger partial charge in [-0.2, -0.15) is 0 Å². The Morgan fingerprint density at radius 2 is 2.05 bits per heavy atom. The number of carbonyl (C=O) groups excluding carboxylic acids is 1. The minimum Gasteiger partial charge on any atom is -0.486 e. The van der Waals surface area contributed by atoms with Crippen molar-refractivity contribution in [2.45, 2.75) is 25.3 Å². The first kappa shape index (κ1) is 16.9. The highest BCUT2D eigenvalue weighted by atomic mass is 35.5. The smallest absolute Gasteiger partial charge is 0.223 e. The molecule has 1 aliphatic heterocycles. The van der Waals surface area contributed by atoms with Gasteiger partial charge >= 0.3 is 0 Å². The van der Waals surface area contributed by atoms with E-state index in [0.29, 0.717) is 31.7 Å². The van der Waals surface area contributed by atoms with Crippen LogP contribution in [-0.4, -0.2) is 38.8 Å². The summed E-state index contributed by atoms with van der Waals surface area (Å²) in [5.41, 5.74) is 1.17. The van der Waals surface area contributed by atoms with Crippen LogP contribution in [0.25, 0.3) is 0 Å². The normalized spacial score (nSPS) is 23.2. The Balaban J connectivity index is 0.00000176. The summed E-state index contributed by atoms with van der Waals surface area (Å²) in [6, 6.07) is 6.30. The van der Waals surface area contributed by atoms with E-state index in [-0.39, 0.29) is 24.2 Å². The second-order valence-corrected chi connectivity index (χ2v) is 5.79. The lowest BCUT2D eigenvalue weighted by molar-refractivity contribution is -0.122. The highest BCUT2D eigenvalue weighted by Gasteiger charge is 2.44. The second-order valence-electron chi connectivity index (χ2n) is 5.79. The zero-order valence-electron chi connectivity index (χ0n) is 12.9. The van der Waals surface area contributed by atoms with Gasteiger partial charge in [0, 0.05) is 18.5 Å². The summed E-state index contributed by atoms with van der Waals surface area (Å²) in [6.07, 6.45) is 0.916. The highest BCUT2D eigenvalue weighted by Crippen LogP contribution is 2.49. The van der Waals surface area contributed by atoms with E-state index in [1.807, 2.05) is 32.2 Å². The summed E-state index contributed by atoms with van der Waals surface area (Å²) in [6.45, 7) is 3.91. The first-order chi connectivity index (χ1) is 10.2. The van der Waals surface area contributed by atoms with Crippen LogP contribution in [0.4, 0.5) is 0 Å². The summed E-state index contributed by atoms with van der Waals surface area (Å²) < 4.78 is 11.1. The van der Waals surface area contributed by atoms with Crippen molar-refractivity contribution >= 4 is 18.3 Å². The number of ether oxygens (including phenoxy) is 2. The molecule has 1 aromatic carbocycles. The lowest BCUT2D eigenvalue weighted by Crippen LogP contribution is -2.37. The zero-order valence-corrected chi connectivity index (χ0v) is 13.7. The Labute approximate surface area is 137 Å². The van der Waals surface area contributed by atoms with Crippen LogP contribution in [0.5, 0.6) is 11.5 Å². The third-order valence-corrected chi connectivity index (χ3v) is 4.20. The van der Waals surface area contributed by atoms with E-state index < -0.39 is 0 Å². The summed E-state index contributed by atoms with van der Waals surface area (Å²) in [4.78, 5) is 12.1. The predicted octanol–water partition coefficient (Wildman–Crippen LogP) is 1.71. The maximum absolute atomic E-state index is 12.1. The number of nitrogens with one attached hydrogen (secondary N) is 2. The fraction of sp³-hybridized carbons (Fsp3) is 0.562. The van der Waals surface area contributed by atoms with Gasteiger partial charge in [-0.05, 0) is 44.0 Å². The number of benzene rings is 1. The van der Waals surface area contributed by atoms with Crippen LogP contribution in [0.1, 0.15) is 24.8 Å². The largest absolute Gasteiger partial charge is 0.486 e. The van der Waals surface area contributed by atoms with Crippen molar-refractivity contribution in [3.8, 4) is 11.5 Å². The van der Waals surface area contributed by atoms with Gasteiger partial charge in [0.2, 0.25) is 5.91 Å². The molecule has 0 spiro atoms. The summed E-state index contributed by atoms with van der Waals surface area (Å²) in [5, 5.41) is 6.11. The minimum absolute atomic E-state index is 0. The molecule has 1 amide bonds. The molecule has 0 aromatic heterocycles. The highest BCUT2D eigenvalue weighted by molar-refractivity contribution is 5.85. The lowest BCUT2D eigenvalue weighted by atomic mass is 10.1. The van der Waals surface area contributed by atoms with Gasteiger partial charge in [0.1, 0.15) is 13.2 Å². The van der Waals surface area contributed by atoms with E-state index in [1.165, 1.54) is 5.56 Å². The van der Waals surface area contributed by atoms with Crippen LogP contribution in [0.3, 0.4) is 0 Å². The summed E-state index contributed by atoms with van der Waals surface area (Å²) >= 11 is 0. The molecule has 1 heterocycles. The molecule has 2 aliphatic rings. The third-order valence-electron chi connectivity index (χ3n) is 4.20. The van der Waals surface area contributed by atoms with Crippen LogP contribution in [0, 0.1) is 5.92 Å². The first-order valence-corrected chi connectivity index (χ1v) is 7.53. The van der Waals surface area contributed by atoms with Crippen molar-refractivity contribution in [3.05, 3.63) is 23.8 Å². The molecule has 3 unspecified atom stereocenters. The molecule has 6 heteroatoms. The SMILES string of the molecule is CNC(C)CNC(=O)C1CC1c1ccc2c(c1)OCCO2.Cl. The fourth-order valence-corrected chi connectivity index (χ4v) is 2.63. The molecule has 22 heavy (non-hydrogen) atoms. The van der Waals surface area contributed by atoms with Crippen LogP contribution >= 0.6 is 12.4 Å². The Bertz CT molecular complexity index is 538. The molecule has 1 aromatic rings. The number of rotatable bonds is 5. The van der Waals surface area contributed by atoms with Gasteiger partial charge in [-0.3, -0.25) is 4.79 Å². The summed E-state index contributed by atoms with van der Waals surface area (Å²) in [5.74, 6) is 2.16. The molecule has 3 atom stereocenters. The molecular weight excluding hydrogens is 304 g/mol. The van der Waals surface area contributed by atoms with Gasteiger partial charge in [-0.1, -0.05) is 6.07 Å². The second kappa shape index (κ2) is 7.20. The average molecular weight is 327 g/mol. The van der Waals surface area contributed by atoms with E-state index in [1.54, 1.807) is 0 Å². The average Bonchev–Trinajstić information content (AvgIpc) is 3.32. The number of carbonyl (C=O) groups is 1. The zero-order chi connectivity index (χ0) is 14.8. The van der Waals surface area contributed by atoms with Gasteiger partial charge in [0.05, 0.1) is 0 Å². The quantitative estimate of drug-likeness (QED) is 0.865. The fourth-order valence-electron chi connectivity index (χ4n) is 2.63. The Kier molecular flexibility index (Phi) is 5.53. The molecular formula is C16H23ClN2O3. The number of hydrogen-bond donors (Lipinski definition) is 2. The van der Waals surface area contributed by atoms with Crippen molar-refractivity contribution < 1.29 is 14.3 Å². The van der Waals surface area contributed by atoms with E-state index in [2.05, 4.69) is 10.6 Å². The van der Waals surface area contributed by atoms with E-state index in [9.17, 15) is 4.79 Å². The molecule has 0 saturated heterocycles. The van der Waals surface area contributed by atoms with E-state index in [0.717, 1.165) is 17.9 Å². The molecule has 1 fully saturated rings. The van der Waals surface area contributed by atoms with E-state index >= 15 is 0 Å². The van der Waals surface area contributed by atoms with Crippen molar-refractivity contribution in [3.63, 3.8) is 0 Å². The van der Waals surface area contributed by atoms with Gasteiger partial charge in [0.25, 0.3) is 0 Å². The number of fused-ring (bicyclic) bond motifs is 1. The standard InChI is InChI=1S/C16H22N2O3.ClH/c1-10(17-2)9-18-16(19)13-8-12(13)11-3-4-14-15(7-11)21-6-5-20-14;/h3-4,7,10,12-13,17H,5-6,8-9H2,1-2H3,(H,18,19);1H. The monoisotopic (exact) mass is 326 g/mol. The molecule has 0 radical (unpaired) electrons. The Morgan fingerprint density at radius 3 is 2.77 bits per heavy atom. The maximum Gasteiger partial charge on any atom is 0.223 e. The van der Waals surface area contributed by atoms with E-state index in [4.69, 9.17) is 9.47 Å². The topological polar surface area (TPSA) is 59.6 Å². The maximum atomic E-state index is 12.1.